The number of fused-ring (bicyclic) bond motifs is 3. The molecule has 3 rings (SSSR count). The quantitative estimate of drug-likeness (QED) is 0.596. The first-order chi connectivity index (χ1) is 7.25. The zero-order chi connectivity index (χ0) is 10.4. The third-order valence-corrected chi connectivity index (χ3v) is 2.34. The molecule has 0 bridgehead atoms. The maximum absolute atomic E-state index is 11.0. The van der Waals surface area contributed by atoms with Crippen LogP contribution in [0, 0.1) is 6.92 Å². The van der Waals surface area contributed by atoms with Gasteiger partial charge in [0.05, 0.1) is 17.1 Å². The van der Waals surface area contributed by atoms with Crippen molar-refractivity contribution >= 4 is 22.0 Å². The molecule has 0 saturated carbocycles. The summed E-state index contributed by atoms with van der Waals surface area (Å²) < 4.78 is 5.05. The second-order valence-corrected chi connectivity index (χ2v) is 3.37. The monoisotopic (exact) mass is 201 g/mol. The molecular weight excluding hydrogens is 194 g/mol. The van der Waals surface area contributed by atoms with Crippen molar-refractivity contribution in [2.75, 3.05) is 0 Å². The molecule has 5 heteroatoms. The Morgan fingerprint density at radius 1 is 1.33 bits per heavy atom. The predicted molar refractivity (Wildman–Crippen MR) is 54.7 cm³/mol. The minimum Gasteiger partial charge on any atom is -0.407 e. The lowest BCUT2D eigenvalue weighted by Crippen LogP contribution is -1.92. The zero-order valence-electron chi connectivity index (χ0n) is 7.94. The van der Waals surface area contributed by atoms with E-state index < -0.39 is 5.76 Å². The van der Waals surface area contributed by atoms with Gasteiger partial charge in [0.2, 0.25) is 0 Å². The number of pyridine rings is 2. The van der Waals surface area contributed by atoms with E-state index >= 15 is 0 Å². The molecule has 0 aliphatic rings. The van der Waals surface area contributed by atoms with Crippen LogP contribution in [0.4, 0.5) is 0 Å². The number of hydrogen-bond donors (Lipinski definition) is 1. The van der Waals surface area contributed by atoms with E-state index in [9.17, 15) is 4.79 Å². The van der Waals surface area contributed by atoms with Crippen molar-refractivity contribution in [3.63, 3.8) is 0 Å². The molecule has 0 atom stereocenters. The van der Waals surface area contributed by atoms with Crippen LogP contribution < -0.4 is 5.76 Å². The SMILES string of the molecule is Cc1cncc2c1ncc1[nH]c(=O)oc12. The molecule has 15 heavy (non-hydrogen) atoms. The number of hydrogen-bond acceptors (Lipinski definition) is 4. The molecule has 0 saturated heterocycles. The van der Waals surface area contributed by atoms with Crippen molar-refractivity contribution in [1.29, 1.82) is 0 Å². The molecule has 0 aromatic carbocycles. The van der Waals surface area contributed by atoms with E-state index in [1.807, 2.05) is 6.92 Å². The summed E-state index contributed by atoms with van der Waals surface area (Å²) in [6, 6.07) is 0. The van der Waals surface area contributed by atoms with Crippen LogP contribution in [0.25, 0.3) is 22.0 Å². The van der Waals surface area contributed by atoms with E-state index in [4.69, 9.17) is 4.42 Å². The average molecular weight is 201 g/mol. The van der Waals surface area contributed by atoms with Crippen LogP contribution in [0.1, 0.15) is 5.56 Å². The van der Waals surface area contributed by atoms with Crippen molar-refractivity contribution in [3.8, 4) is 0 Å². The number of aromatic nitrogens is 3. The van der Waals surface area contributed by atoms with Crippen LogP contribution >= 0.6 is 0 Å². The van der Waals surface area contributed by atoms with E-state index in [-0.39, 0.29) is 0 Å². The van der Waals surface area contributed by atoms with Gasteiger partial charge in [-0.3, -0.25) is 15.0 Å². The Labute approximate surface area is 83.8 Å². The highest BCUT2D eigenvalue weighted by Crippen LogP contribution is 2.21. The maximum Gasteiger partial charge on any atom is 0.417 e. The van der Waals surface area contributed by atoms with E-state index in [0.717, 1.165) is 16.5 Å². The first kappa shape index (κ1) is 8.16. The summed E-state index contributed by atoms with van der Waals surface area (Å²) in [5.41, 5.74) is 2.87. The number of aromatic amines is 1. The number of oxazole rings is 1. The predicted octanol–water partition coefficient (Wildman–Crippen LogP) is 1.37. The fourth-order valence-electron chi connectivity index (χ4n) is 1.66. The molecule has 0 aliphatic heterocycles. The third kappa shape index (κ3) is 1.06. The smallest absolute Gasteiger partial charge is 0.407 e. The van der Waals surface area contributed by atoms with Gasteiger partial charge in [0.15, 0.2) is 5.58 Å². The Bertz CT molecular complexity index is 711. The van der Waals surface area contributed by atoms with Gasteiger partial charge in [-0.2, -0.15) is 0 Å². The number of nitrogens with zero attached hydrogens (tertiary/aromatic N) is 2. The molecule has 3 aromatic heterocycles. The summed E-state index contributed by atoms with van der Waals surface area (Å²) in [5.74, 6) is -0.471. The van der Waals surface area contributed by atoms with Crippen LogP contribution in [0.15, 0.2) is 27.8 Å². The summed E-state index contributed by atoms with van der Waals surface area (Å²) in [6.07, 6.45) is 4.97. The van der Waals surface area contributed by atoms with Crippen LogP contribution in [0.5, 0.6) is 0 Å². The van der Waals surface area contributed by atoms with Gasteiger partial charge in [0.1, 0.15) is 5.52 Å². The molecule has 74 valence electrons. The Morgan fingerprint density at radius 3 is 3.07 bits per heavy atom. The molecule has 0 spiro atoms. The van der Waals surface area contributed by atoms with Gasteiger partial charge in [-0.1, -0.05) is 0 Å². The number of H-pyrrole nitrogens is 1. The Kier molecular flexibility index (Phi) is 1.45. The second-order valence-electron chi connectivity index (χ2n) is 3.37. The highest BCUT2D eigenvalue weighted by molar-refractivity contribution is 6.00. The minimum atomic E-state index is -0.471. The molecular formula is C10H7N3O2. The summed E-state index contributed by atoms with van der Waals surface area (Å²) in [6.45, 7) is 1.92. The average Bonchev–Trinajstić information content (AvgIpc) is 2.59. The molecule has 0 fully saturated rings. The Balaban J connectivity index is 2.65. The van der Waals surface area contributed by atoms with Gasteiger partial charge < -0.3 is 4.42 Å². The van der Waals surface area contributed by atoms with Crippen LogP contribution in [-0.2, 0) is 0 Å². The van der Waals surface area contributed by atoms with Crippen LogP contribution in [0.2, 0.25) is 0 Å². The summed E-state index contributed by atoms with van der Waals surface area (Å²) in [7, 11) is 0. The van der Waals surface area contributed by atoms with Gasteiger partial charge in [-0.15, -0.1) is 0 Å². The first-order valence-electron chi connectivity index (χ1n) is 4.48. The van der Waals surface area contributed by atoms with Gasteiger partial charge in [0, 0.05) is 12.4 Å². The zero-order valence-corrected chi connectivity index (χ0v) is 7.94. The van der Waals surface area contributed by atoms with Crippen molar-refractivity contribution in [2.24, 2.45) is 0 Å². The van der Waals surface area contributed by atoms with Crippen molar-refractivity contribution in [1.82, 2.24) is 15.0 Å². The standard InChI is InChI=1S/C10H7N3O2/c1-5-2-11-3-6-8(5)12-4-7-9(6)15-10(14)13-7/h2-4H,1H3,(H,13,14). The van der Waals surface area contributed by atoms with E-state index in [1.54, 1.807) is 18.6 Å². The molecule has 0 amide bonds. The molecule has 0 radical (unpaired) electrons. The number of aryl methyl sites for hydroxylation is 1. The maximum atomic E-state index is 11.0. The van der Waals surface area contributed by atoms with Crippen LogP contribution in [-0.4, -0.2) is 15.0 Å². The lowest BCUT2D eigenvalue weighted by atomic mass is 10.2. The number of rotatable bonds is 0. The Hall–Kier alpha value is -2.17. The van der Waals surface area contributed by atoms with Gasteiger partial charge in [-0.25, -0.2) is 4.79 Å². The lowest BCUT2D eigenvalue weighted by Gasteiger charge is -1.98. The molecule has 3 aromatic rings. The molecule has 3 heterocycles. The summed E-state index contributed by atoms with van der Waals surface area (Å²) in [5, 5.41) is 0.755. The molecule has 5 nitrogen and oxygen atoms in total. The minimum absolute atomic E-state index is 0.471. The highest BCUT2D eigenvalue weighted by Gasteiger charge is 2.08. The number of nitrogens with one attached hydrogen (secondary N) is 1. The van der Waals surface area contributed by atoms with Gasteiger partial charge in [-0.05, 0) is 12.5 Å². The molecule has 1 N–H and O–H groups in total. The fourth-order valence-corrected chi connectivity index (χ4v) is 1.66. The van der Waals surface area contributed by atoms with Crippen molar-refractivity contribution in [3.05, 3.63) is 34.7 Å². The summed E-state index contributed by atoms with van der Waals surface area (Å²) >= 11 is 0. The Morgan fingerprint density at radius 2 is 2.20 bits per heavy atom. The second kappa shape index (κ2) is 2.66. The third-order valence-electron chi connectivity index (χ3n) is 2.34. The molecule has 0 aliphatic carbocycles. The fraction of sp³-hybridized carbons (Fsp3) is 0.100. The van der Waals surface area contributed by atoms with Crippen LogP contribution in [0.3, 0.4) is 0 Å². The van der Waals surface area contributed by atoms with E-state index in [1.165, 1.54) is 0 Å². The topological polar surface area (TPSA) is 71.8 Å². The highest BCUT2D eigenvalue weighted by atomic mass is 16.4. The lowest BCUT2D eigenvalue weighted by molar-refractivity contribution is 0.558. The normalized spacial score (nSPS) is 11.3. The largest absolute Gasteiger partial charge is 0.417 e. The van der Waals surface area contributed by atoms with E-state index in [2.05, 4.69) is 15.0 Å². The van der Waals surface area contributed by atoms with E-state index in [0.29, 0.717) is 11.1 Å². The summed E-state index contributed by atoms with van der Waals surface area (Å²) in [4.78, 5) is 21.9. The van der Waals surface area contributed by atoms with Crippen molar-refractivity contribution < 1.29 is 4.42 Å². The van der Waals surface area contributed by atoms with Crippen molar-refractivity contribution in [2.45, 2.75) is 6.92 Å². The van der Waals surface area contributed by atoms with Gasteiger partial charge in [0.25, 0.3) is 0 Å². The first-order valence-corrected chi connectivity index (χ1v) is 4.48. The van der Waals surface area contributed by atoms with Gasteiger partial charge >= 0.3 is 5.76 Å². The molecule has 0 unspecified atom stereocenters.